The van der Waals surface area contributed by atoms with Crippen molar-refractivity contribution in [3.05, 3.63) is 119 Å². The van der Waals surface area contributed by atoms with Gasteiger partial charge in [-0.2, -0.15) is 4.31 Å². The predicted molar refractivity (Wildman–Crippen MR) is 249 cm³/mol. The summed E-state index contributed by atoms with van der Waals surface area (Å²) in [7, 11) is -4.35. The van der Waals surface area contributed by atoms with Crippen LogP contribution in [0.5, 0.6) is 17.2 Å². The number of para-hydroxylation sites is 1. The lowest BCUT2D eigenvalue weighted by Crippen LogP contribution is -2.70. The summed E-state index contributed by atoms with van der Waals surface area (Å²) in [5.41, 5.74) is 2.42. The second-order valence-corrected chi connectivity index (χ2v) is 19.3. The number of nitro groups is 1. The molecule has 4 aliphatic rings. The van der Waals surface area contributed by atoms with Crippen LogP contribution in [-0.2, 0) is 24.3 Å². The Hall–Kier alpha value is -5.23. The molecular weight excluding hydrogens is 865 g/mol. The summed E-state index contributed by atoms with van der Waals surface area (Å²) in [4.78, 5) is 22.1. The zero-order chi connectivity index (χ0) is 46.3. The first kappa shape index (κ1) is 47.3. The highest BCUT2D eigenvalue weighted by Crippen LogP contribution is 2.62. The van der Waals surface area contributed by atoms with E-state index >= 15 is 8.42 Å². The van der Waals surface area contributed by atoms with Crippen LogP contribution in [0.4, 0.5) is 5.69 Å². The van der Waals surface area contributed by atoms with Gasteiger partial charge in [0.15, 0.2) is 0 Å². The Morgan fingerprint density at radius 2 is 1.80 bits per heavy atom. The molecule has 8 rings (SSSR count). The van der Waals surface area contributed by atoms with Gasteiger partial charge < -0.3 is 34.0 Å². The standard InChI is InChI=1S/C50H60N4O11S/c1-3-25-53(66(59,60)44-20-11-15-34-16-13-24-51-49(34)44)45-33-42(52-65-46-21-7-10-29-61-46)40-30-35(14-5-8-26-55)39(19-6-9-27-56)47-41-32-38(63-37-18-12-17-36(31-37)54(57)58)22-23-43(41)64-50(45,48(40)47)62-28-4-2/h4,11-13,15-18,20,22-24,30-32,35,39,45-48,55-56H,2-3,5-10,14,19,21,25-29,33H2,1H3. The summed E-state index contributed by atoms with van der Waals surface area (Å²) in [6, 6.07) is 19.2. The summed E-state index contributed by atoms with van der Waals surface area (Å²) in [6.07, 6.45) is 12.0. The first-order chi connectivity index (χ1) is 32.1. The lowest BCUT2D eigenvalue weighted by atomic mass is 9.55. The SMILES string of the molecule is C=CCOC12Oc3ccc(Oc4cccc([N+](=O)[O-])c4)cc3C3C(CCCCO)C(CCCCO)C=C(C(=NOC4CCCCO4)CC1N(CCC)S(=O)(=O)c1cccc4cccnc14)C32. The van der Waals surface area contributed by atoms with E-state index in [1.807, 2.05) is 25.1 Å². The van der Waals surface area contributed by atoms with Crippen LogP contribution in [0, 0.1) is 27.9 Å². The maximum absolute atomic E-state index is 15.6. The largest absolute Gasteiger partial charge is 0.460 e. The van der Waals surface area contributed by atoms with Gasteiger partial charge in [0.1, 0.15) is 22.1 Å². The molecule has 16 heteroatoms. The summed E-state index contributed by atoms with van der Waals surface area (Å²) in [5, 5.41) is 37.3. The fourth-order valence-electron chi connectivity index (χ4n) is 10.5. The Morgan fingerprint density at radius 1 is 1.02 bits per heavy atom. The van der Waals surface area contributed by atoms with Crippen LogP contribution in [0.25, 0.3) is 10.9 Å². The van der Waals surface area contributed by atoms with Gasteiger partial charge in [0.2, 0.25) is 22.1 Å². The molecule has 0 spiro atoms. The molecule has 0 radical (unpaired) electrons. The second kappa shape index (κ2) is 21.2. The number of hydrogen-bond acceptors (Lipinski definition) is 13. The summed E-state index contributed by atoms with van der Waals surface area (Å²) in [6.45, 7) is 6.71. The van der Waals surface area contributed by atoms with E-state index in [-0.39, 0.29) is 61.0 Å². The molecule has 0 bridgehead atoms. The molecular formula is C50H60N4O11S. The van der Waals surface area contributed by atoms with E-state index in [1.54, 1.807) is 54.7 Å². The van der Waals surface area contributed by atoms with Gasteiger partial charge in [0.05, 0.1) is 47.4 Å². The van der Waals surface area contributed by atoms with Crippen LogP contribution in [-0.4, -0.2) is 89.6 Å². The fourth-order valence-corrected chi connectivity index (χ4v) is 12.4. The van der Waals surface area contributed by atoms with Gasteiger partial charge in [-0.15, -0.1) is 6.58 Å². The van der Waals surface area contributed by atoms with Crippen molar-refractivity contribution in [1.29, 1.82) is 0 Å². The Labute approximate surface area is 386 Å². The molecule has 2 fully saturated rings. The number of oxime groups is 1. The van der Waals surface area contributed by atoms with Crippen molar-refractivity contribution < 1.29 is 47.3 Å². The Balaban J connectivity index is 1.36. The van der Waals surface area contributed by atoms with Crippen molar-refractivity contribution >= 4 is 32.3 Å². The number of hydrogen-bond donors (Lipinski definition) is 2. The number of unbranched alkanes of at least 4 members (excludes halogenated alkanes) is 2. The lowest BCUT2D eigenvalue weighted by Gasteiger charge is -2.59. The minimum atomic E-state index is -4.35. The Morgan fingerprint density at radius 3 is 2.56 bits per heavy atom. The topological polar surface area (TPSA) is 192 Å². The van der Waals surface area contributed by atoms with Crippen molar-refractivity contribution in [1.82, 2.24) is 9.29 Å². The highest BCUT2D eigenvalue weighted by Gasteiger charge is 2.66. The number of sulfonamides is 1. The van der Waals surface area contributed by atoms with Gasteiger partial charge in [-0.3, -0.25) is 15.1 Å². The van der Waals surface area contributed by atoms with Crippen molar-refractivity contribution in [3.8, 4) is 17.2 Å². The number of nitrogens with zero attached hydrogens (tertiary/aromatic N) is 4. The first-order valence-electron chi connectivity index (χ1n) is 23.3. The van der Waals surface area contributed by atoms with E-state index in [1.165, 1.54) is 16.4 Å². The van der Waals surface area contributed by atoms with Gasteiger partial charge in [0, 0.05) is 61.7 Å². The van der Waals surface area contributed by atoms with E-state index in [9.17, 15) is 20.3 Å². The van der Waals surface area contributed by atoms with Crippen molar-refractivity contribution in [2.75, 3.05) is 33.0 Å². The van der Waals surface area contributed by atoms with Gasteiger partial charge in [-0.25, -0.2) is 8.42 Å². The molecule has 7 unspecified atom stereocenters. The molecule has 2 aliphatic carbocycles. The average molecular weight is 925 g/mol. The third kappa shape index (κ3) is 9.62. The van der Waals surface area contributed by atoms with Crippen LogP contribution in [0.3, 0.4) is 0 Å². The number of rotatable bonds is 21. The molecule has 66 heavy (non-hydrogen) atoms. The molecule has 1 aromatic heterocycles. The number of aliphatic hydroxyl groups excluding tert-OH is 2. The number of nitro benzene ring substituents is 1. The minimum Gasteiger partial charge on any atom is -0.460 e. The van der Waals surface area contributed by atoms with Gasteiger partial charge in [-0.05, 0) is 98.8 Å². The third-order valence-corrected chi connectivity index (χ3v) is 15.2. The van der Waals surface area contributed by atoms with Crippen LogP contribution in [0.15, 0.2) is 113 Å². The van der Waals surface area contributed by atoms with E-state index in [2.05, 4.69) is 17.6 Å². The minimum absolute atomic E-state index is 0.0245. The average Bonchev–Trinajstić information content (AvgIpc) is 3.33. The number of benzene rings is 3. The highest BCUT2D eigenvalue weighted by atomic mass is 32.2. The lowest BCUT2D eigenvalue weighted by molar-refractivity contribution is -0.384. The van der Waals surface area contributed by atoms with E-state index < -0.39 is 44.9 Å². The number of ether oxygens (including phenoxy) is 4. The zero-order valence-electron chi connectivity index (χ0n) is 37.4. The summed E-state index contributed by atoms with van der Waals surface area (Å²) >= 11 is 0. The Bertz CT molecular complexity index is 2520. The zero-order valence-corrected chi connectivity index (χ0v) is 38.2. The van der Waals surface area contributed by atoms with Gasteiger partial charge in [-0.1, -0.05) is 61.3 Å². The number of aliphatic hydroxyl groups is 2. The Kier molecular flexibility index (Phi) is 15.2. The predicted octanol–water partition coefficient (Wildman–Crippen LogP) is 9.20. The van der Waals surface area contributed by atoms with Gasteiger partial charge >= 0.3 is 0 Å². The molecule has 4 aromatic rings. The number of aromatic nitrogens is 1. The summed E-state index contributed by atoms with van der Waals surface area (Å²) < 4.78 is 59.5. The van der Waals surface area contributed by atoms with E-state index in [0.717, 1.165) is 36.8 Å². The number of pyridine rings is 1. The molecule has 15 nitrogen and oxygen atoms in total. The van der Waals surface area contributed by atoms with E-state index in [0.29, 0.717) is 73.2 Å². The number of allylic oxidation sites excluding steroid dienone is 1. The van der Waals surface area contributed by atoms with Crippen molar-refractivity contribution in [3.63, 3.8) is 0 Å². The number of non-ortho nitro benzene ring substituents is 1. The highest BCUT2D eigenvalue weighted by molar-refractivity contribution is 7.89. The normalized spacial score (nSPS) is 25.4. The third-order valence-electron chi connectivity index (χ3n) is 13.3. The first-order valence-corrected chi connectivity index (χ1v) is 24.7. The van der Waals surface area contributed by atoms with E-state index in [4.69, 9.17) is 28.9 Å². The molecule has 1 saturated heterocycles. The van der Waals surface area contributed by atoms with Crippen molar-refractivity contribution in [2.24, 2.45) is 22.9 Å². The maximum Gasteiger partial charge on any atom is 0.273 e. The molecule has 352 valence electrons. The van der Waals surface area contributed by atoms with Crippen molar-refractivity contribution in [2.45, 2.75) is 106 Å². The van der Waals surface area contributed by atoms with Crippen LogP contribution in [0.1, 0.15) is 89.0 Å². The smallest absolute Gasteiger partial charge is 0.273 e. The molecule has 3 aromatic carbocycles. The molecule has 2 N–H and O–H groups in total. The van der Waals surface area contributed by atoms with Gasteiger partial charge in [0.25, 0.3) is 5.69 Å². The second-order valence-electron chi connectivity index (χ2n) is 17.5. The summed E-state index contributed by atoms with van der Waals surface area (Å²) in [5.74, 6) is -1.65. The monoisotopic (exact) mass is 924 g/mol. The molecule has 1 saturated carbocycles. The molecule has 3 heterocycles. The molecule has 0 amide bonds. The number of fused-ring (bicyclic) bond motifs is 3. The fraction of sp³-hybridized carbons (Fsp3) is 0.480. The van der Waals surface area contributed by atoms with Crippen LogP contribution < -0.4 is 9.47 Å². The maximum atomic E-state index is 15.6. The molecule has 7 atom stereocenters. The quantitative estimate of drug-likeness (QED) is 0.0349. The van der Waals surface area contributed by atoms with Crippen LogP contribution >= 0.6 is 0 Å². The molecule has 2 aliphatic heterocycles. The van der Waals surface area contributed by atoms with Crippen LogP contribution in [0.2, 0.25) is 0 Å².